The van der Waals surface area contributed by atoms with Gasteiger partial charge in [-0.05, 0) is 30.3 Å². The first-order chi connectivity index (χ1) is 11.1. The molecule has 0 atom stereocenters. The van der Waals surface area contributed by atoms with Crippen molar-refractivity contribution in [2.24, 2.45) is 0 Å². The summed E-state index contributed by atoms with van der Waals surface area (Å²) in [5, 5.41) is 0. The van der Waals surface area contributed by atoms with Gasteiger partial charge in [0.1, 0.15) is 5.82 Å². The molecule has 2 aromatic rings. The lowest BCUT2D eigenvalue weighted by Gasteiger charge is -2.34. The topological polar surface area (TPSA) is 53.5 Å². The largest absolute Gasteiger partial charge is 0.335 e. The summed E-state index contributed by atoms with van der Waals surface area (Å²) in [6.45, 7) is 1.79. The van der Waals surface area contributed by atoms with Crippen LogP contribution >= 0.6 is 0 Å². The number of carbonyl (C=O) groups excluding carboxylic acids is 2. The molecule has 5 nitrogen and oxygen atoms in total. The number of rotatable bonds is 2. The van der Waals surface area contributed by atoms with Gasteiger partial charge in [0.05, 0.1) is 0 Å². The van der Waals surface area contributed by atoms with Crippen molar-refractivity contribution in [1.82, 2.24) is 14.8 Å². The number of nitrogens with zero attached hydrogens (tertiary/aromatic N) is 3. The molecule has 2 amide bonds. The van der Waals surface area contributed by atoms with E-state index in [1.807, 2.05) is 0 Å². The van der Waals surface area contributed by atoms with Gasteiger partial charge < -0.3 is 9.80 Å². The summed E-state index contributed by atoms with van der Waals surface area (Å²) in [6.07, 6.45) is 3.16. The second kappa shape index (κ2) is 6.56. The van der Waals surface area contributed by atoms with Gasteiger partial charge in [0, 0.05) is 49.7 Å². The minimum absolute atomic E-state index is 0.0646. The Balaban J connectivity index is 1.62. The highest BCUT2D eigenvalue weighted by Crippen LogP contribution is 2.12. The minimum atomic E-state index is -0.428. The van der Waals surface area contributed by atoms with E-state index in [1.165, 1.54) is 18.2 Å². The Morgan fingerprint density at radius 1 is 0.870 bits per heavy atom. The van der Waals surface area contributed by atoms with Crippen LogP contribution in [0.3, 0.4) is 0 Å². The second-order valence-corrected chi connectivity index (χ2v) is 5.33. The van der Waals surface area contributed by atoms with Crippen molar-refractivity contribution in [3.05, 3.63) is 65.7 Å². The molecule has 1 aliphatic heterocycles. The summed E-state index contributed by atoms with van der Waals surface area (Å²) in [5.74, 6) is -0.701. The molecule has 23 heavy (non-hydrogen) atoms. The van der Waals surface area contributed by atoms with Crippen LogP contribution in [0, 0.1) is 5.82 Å². The molecule has 0 radical (unpaired) electrons. The van der Waals surface area contributed by atoms with E-state index < -0.39 is 5.82 Å². The van der Waals surface area contributed by atoms with Gasteiger partial charge in [-0.15, -0.1) is 0 Å². The summed E-state index contributed by atoms with van der Waals surface area (Å²) in [5.41, 5.74) is 0.920. The molecule has 0 saturated carbocycles. The lowest BCUT2D eigenvalue weighted by Crippen LogP contribution is -2.50. The summed E-state index contributed by atoms with van der Waals surface area (Å²) in [6, 6.07) is 9.00. The van der Waals surface area contributed by atoms with Crippen molar-refractivity contribution >= 4 is 11.8 Å². The highest BCUT2D eigenvalue weighted by Gasteiger charge is 2.25. The van der Waals surface area contributed by atoms with Crippen molar-refractivity contribution in [1.29, 1.82) is 0 Å². The number of benzene rings is 1. The molecule has 3 rings (SSSR count). The van der Waals surface area contributed by atoms with Crippen LogP contribution in [0.25, 0.3) is 0 Å². The van der Waals surface area contributed by atoms with Gasteiger partial charge in [0.15, 0.2) is 0 Å². The fourth-order valence-corrected chi connectivity index (χ4v) is 2.59. The van der Waals surface area contributed by atoms with E-state index in [2.05, 4.69) is 4.98 Å². The number of pyridine rings is 1. The molecule has 1 aromatic heterocycles. The Labute approximate surface area is 133 Å². The predicted molar refractivity (Wildman–Crippen MR) is 82.4 cm³/mol. The molecule has 1 aliphatic rings. The Morgan fingerprint density at radius 2 is 1.43 bits per heavy atom. The van der Waals surface area contributed by atoms with Gasteiger partial charge in [0.2, 0.25) is 0 Å². The number of hydrogen-bond donors (Lipinski definition) is 0. The number of hydrogen-bond acceptors (Lipinski definition) is 3. The molecule has 1 saturated heterocycles. The van der Waals surface area contributed by atoms with Gasteiger partial charge in [-0.25, -0.2) is 4.39 Å². The first-order valence-corrected chi connectivity index (χ1v) is 7.39. The van der Waals surface area contributed by atoms with Crippen LogP contribution in [0.15, 0.2) is 48.8 Å². The SMILES string of the molecule is O=C(c1ccncc1)N1CCN(C(=O)c2cccc(F)c2)CC1. The molecular weight excluding hydrogens is 297 g/mol. The van der Waals surface area contributed by atoms with E-state index in [0.717, 1.165) is 0 Å². The molecule has 0 aliphatic carbocycles. The van der Waals surface area contributed by atoms with E-state index in [1.54, 1.807) is 40.4 Å². The zero-order chi connectivity index (χ0) is 16.2. The number of halogens is 1. The number of aromatic nitrogens is 1. The molecule has 1 aromatic carbocycles. The zero-order valence-electron chi connectivity index (χ0n) is 12.5. The Hall–Kier alpha value is -2.76. The molecule has 118 valence electrons. The minimum Gasteiger partial charge on any atom is -0.335 e. The molecule has 6 heteroatoms. The van der Waals surface area contributed by atoms with Crippen LogP contribution in [-0.2, 0) is 0 Å². The van der Waals surface area contributed by atoms with Crippen LogP contribution in [0.2, 0.25) is 0 Å². The van der Waals surface area contributed by atoms with Crippen LogP contribution in [0.5, 0.6) is 0 Å². The van der Waals surface area contributed by atoms with E-state index >= 15 is 0 Å². The molecule has 1 fully saturated rings. The maximum Gasteiger partial charge on any atom is 0.254 e. The van der Waals surface area contributed by atoms with Crippen molar-refractivity contribution in [2.75, 3.05) is 26.2 Å². The Bertz CT molecular complexity index is 713. The lowest BCUT2D eigenvalue weighted by molar-refractivity contribution is 0.0535. The van der Waals surface area contributed by atoms with Crippen LogP contribution in [0.1, 0.15) is 20.7 Å². The van der Waals surface area contributed by atoms with E-state index in [9.17, 15) is 14.0 Å². The van der Waals surface area contributed by atoms with E-state index in [-0.39, 0.29) is 11.8 Å². The molecule has 2 heterocycles. The number of piperazine rings is 1. The van der Waals surface area contributed by atoms with Gasteiger partial charge in [-0.1, -0.05) is 6.07 Å². The van der Waals surface area contributed by atoms with Gasteiger partial charge in [0.25, 0.3) is 11.8 Å². The maximum atomic E-state index is 13.2. The summed E-state index contributed by atoms with van der Waals surface area (Å²) >= 11 is 0. The van der Waals surface area contributed by atoms with Gasteiger partial charge in [-0.2, -0.15) is 0 Å². The highest BCUT2D eigenvalue weighted by atomic mass is 19.1. The van der Waals surface area contributed by atoms with Crippen molar-refractivity contribution in [2.45, 2.75) is 0 Å². The molecular formula is C17H16FN3O2. The standard InChI is InChI=1S/C17H16FN3O2/c18-15-3-1-2-14(12-15)17(23)21-10-8-20(9-11-21)16(22)13-4-6-19-7-5-13/h1-7,12H,8-11H2. The van der Waals surface area contributed by atoms with Crippen molar-refractivity contribution < 1.29 is 14.0 Å². The summed E-state index contributed by atoms with van der Waals surface area (Å²) in [7, 11) is 0. The fourth-order valence-electron chi connectivity index (χ4n) is 2.59. The van der Waals surface area contributed by atoms with Gasteiger partial charge in [-0.3, -0.25) is 14.6 Å². The average molecular weight is 313 g/mol. The summed E-state index contributed by atoms with van der Waals surface area (Å²) < 4.78 is 13.2. The Kier molecular flexibility index (Phi) is 4.32. The van der Waals surface area contributed by atoms with Crippen LogP contribution < -0.4 is 0 Å². The fraction of sp³-hybridized carbons (Fsp3) is 0.235. The first-order valence-electron chi connectivity index (χ1n) is 7.39. The quantitative estimate of drug-likeness (QED) is 0.850. The Morgan fingerprint density at radius 3 is 2.00 bits per heavy atom. The van der Waals surface area contributed by atoms with Crippen molar-refractivity contribution in [3.8, 4) is 0 Å². The molecule has 0 unspecified atom stereocenters. The third kappa shape index (κ3) is 3.36. The molecule has 0 N–H and O–H groups in total. The van der Waals surface area contributed by atoms with E-state index in [0.29, 0.717) is 37.3 Å². The highest BCUT2D eigenvalue weighted by molar-refractivity contribution is 5.95. The zero-order valence-corrected chi connectivity index (χ0v) is 12.5. The monoisotopic (exact) mass is 313 g/mol. The predicted octanol–water partition coefficient (Wildman–Crippen LogP) is 1.82. The molecule has 0 bridgehead atoms. The van der Waals surface area contributed by atoms with Gasteiger partial charge >= 0.3 is 0 Å². The lowest BCUT2D eigenvalue weighted by atomic mass is 10.1. The third-order valence-corrected chi connectivity index (χ3v) is 3.85. The number of amides is 2. The van der Waals surface area contributed by atoms with Crippen molar-refractivity contribution in [3.63, 3.8) is 0 Å². The van der Waals surface area contributed by atoms with Crippen LogP contribution in [0.4, 0.5) is 4.39 Å². The normalized spacial score (nSPS) is 14.7. The smallest absolute Gasteiger partial charge is 0.254 e. The van der Waals surface area contributed by atoms with Crippen LogP contribution in [-0.4, -0.2) is 52.8 Å². The van der Waals surface area contributed by atoms with E-state index in [4.69, 9.17) is 0 Å². The molecule has 0 spiro atoms. The summed E-state index contributed by atoms with van der Waals surface area (Å²) in [4.78, 5) is 31.9. The first kappa shape index (κ1) is 15.1. The maximum absolute atomic E-state index is 13.2. The number of carbonyl (C=O) groups is 2. The second-order valence-electron chi connectivity index (χ2n) is 5.33. The third-order valence-electron chi connectivity index (χ3n) is 3.85. The average Bonchev–Trinajstić information content (AvgIpc) is 2.61.